The first-order valence-corrected chi connectivity index (χ1v) is 11.7. The minimum absolute atomic E-state index is 0.102. The van der Waals surface area contributed by atoms with Crippen LogP contribution < -0.4 is 15.5 Å². The van der Waals surface area contributed by atoms with Crippen molar-refractivity contribution in [2.75, 3.05) is 23.3 Å². The summed E-state index contributed by atoms with van der Waals surface area (Å²) in [5.41, 5.74) is 2.12. The molecule has 1 saturated heterocycles. The first-order valence-electron chi connectivity index (χ1n) is 11.7. The zero-order chi connectivity index (χ0) is 24.1. The number of hydrogen-bond acceptors (Lipinski definition) is 5. The molecule has 1 atom stereocenters. The molecule has 1 aromatic heterocycles. The largest absolute Gasteiger partial charge is 0.371 e. The minimum atomic E-state index is -0.732. The van der Waals surface area contributed by atoms with Crippen LogP contribution in [-0.4, -0.2) is 40.9 Å². The Morgan fingerprint density at radius 3 is 2.65 bits per heavy atom. The molecule has 0 spiro atoms. The fourth-order valence-corrected chi connectivity index (χ4v) is 4.31. The zero-order valence-electron chi connectivity index (χ0n) is 19.2. The van der Waals surface area contributed by atoms with Gasteiger partial charge in [0.25, 0.3) is 11.6 Å². The zero-order valence-corrected chi connectivity index (χ0v) is 19.2. The summed E-state index contributed by atoms with van der Waals surface area (Å²) in [5, 5.41) is 17.6. The van der Waals surface area contributed by atoms with Gasteiger partial charge in [-0.2, -0.15) is 0 Å². The number of hydrogen-bond donors (Lipinski definition) is 3. The van der Waals surface area contributed by atoms with E-state index in [4.69, 9.17) is 0 Å². The number of nitro benzene ring substituents is 1. The number of para-hydroxylation sites is 1. The number of carbonyl (C=O) groups excluding carboxylic acids is 2. The van der Waals surface area contributed by atoms with Gasteiger partial charge >= 0.3 is 0 Å². The first kappa shape index (κ1) is 23.3. The molecule has 1 fully saturated rings. The highest BCUT2D eigenvalue weighted by molar-refractivity contribution is 6.03. The highest BCUT2D eigenvalue weighted by Crippen LogP contribution is 2.26. The van der Waals surface area contributed by atoms with Crippen LogP contribution >= 0.6 is 0 Å². The lowest BCUT2D eigenvalue weighted by Gasteiger charge is -2.20. The molecular formula is C25H29N5O4. The molecule has 3 N–H and O–H groups in total. The molecule has 1 unspecified atom stereocenters. The second-order valence-corrected chi connectivity index (χ2v) is 8.58. The summed E-state index contributed by atoms with van der Waals surface area (Å²) in [4.78, 5) is 42.0. The van der Waals surface area contributed by atoms with Gasteiger partial charge in [0.15, 0.2) is 0 Å². The number of aromatic amines is 1. The Labute approximate surface area is 197 Å². The molecule has 2 amide bonds. The van der Waals surface area contributed by atoms with Crippen LogP contribution in [-0.2, 0) is 4.79 Å². The van der Waals surface area contributed by atoms with E-state index in [2.05, 4.69) is 20.5 Å². The van der Waals surface area contributed by atoms with Crippen molar-refractivity contribution in [2.45, 2.75) is 45.1 Å². The average Bonchev–Trinajstić information content (AvgIpc) is 3.51. The average molecular weight is 464 g/mol. The molecule has 9 nitrogen and oxygen atoms in total. The third-order valence-corrected chi connectivity index (χ3v) is 6.13. The van der Waals surface area contributed by atoms with Crippen molar-refractivity contribution in [1.82, 2.24) is 10.3 Å². The van der Waals surface area contributed by atoms with Gasteiger partial charge in [0.05, 0.1) is 4.92 Å². The number of H-pyrrole nitrogens is 1. The molecule has 0 aliphatic carbocycles. The molecular weight excluding hydrogens is 434 g/mol. The number of fused-ring (bicyclic) bond motifs is 1. The lowest BCUT2D eigenvalue weighted by molar-refractivity contribution is -0.383. The number of nitrogens with zero attached hydrogens (tertiary/aromatic N) is 2. The van der Waals surface area contributed by atoms with Gasteiger partial charge in [-0.1, -0.05) is 38.0 Å². The molecule has 0 saturated carbocycles. The summed E-state index contributed by atoms with van der Waals surface area (Å²) in [7, 11) is 0. The molecule has 0 bridgehead atoms. The molecule has 3 aromatic rings. The third kappa shape index (κ3) is 5.19. The standard InChI is InChI=1S/C25H29N5O4/c1-2-3-11-20(24(31)26-18-9-7-10-19(16-18)29-13-4-5-14-29)28-25(32)21-15-17-8-6-12-22(30(33)34)23(17)27-21/h6-10,12,15-16,20,27H,2-5,11,13-14H2,1H3,(H,26,31)(H,28,32). The van der Waals surface area contributed by atoms with Gasteiger partial charge in [0.2, 0.25) is 5.91 Å². The van der Waals surface area contributed by atoms with E-state index >= 15 is 0 Å². The van der Waals surface area contributed by atoms with E-state index < -0.39 is 16.9 Å². The summed E-state index contributed by atoms with van der Waals surface area (Å²) < 4.78 is 0. The summed E-state index contributed by atoms with van der Waals surface area (Å²) in [6.45, 7) is 4.04. The predicted octanol–water partition coefficient (Wildman–Crippen LogP) is 4.60. The van der Waals surface area contributed by atoms with Gasteiger partial charge < -0.3 is 20.5 Å². The van der Waals surface area contributed by atoms with Gasteiger partial charge in [0.1, 0.15) is 17.3 Å². The highest BCUT2D eigenvalue weighted by atomic mass is 16.6. The molecule has 1 aliphatic rings. The number of nitro groups is 1. The van der Waals surface area contributed by atoms with Crippen LogP contribution in [0.1, 0.15) is 49.5 Å². The van der Waals surface area contributed by atoms with Gasteiger partial charge in [-0.3, -0.25) is 19.7 Å². The topological polar surface area (TPSA) is 120 Å². The van der Waals surface area contributed by atoms with Crippen molar-refractivity contribution < 1.29 is 14.5 Å². The Kier molecular flexibility index (Phi) is 7.10. The van der Waals surface area contributed by atoms with Crippen LogP contribution in [0.2, 0.25) is 0 Å². The number of nitrogens with one attached hydrogen (secondary N) is 3. The van der Waals surface area contributed by atoms with Gasteiger partial charge in [0, 0.05) is 35.9 Å². The summed E-state index contributed by atoms with van der Waals surface area (Å²) >= 11 is 0. The number of carbonyl (C=O) groups is 2. The second kappa shape index (κ2) is 10.4. The van der Waals surface area contributed by atoms with E-state index in [1.807, 2.05) is 31.2 Å². The SMILES string of the molecule is CCCCC(NC(=O)c1cc2cccc([N+](=O)[O-])c2[nH]1)C(=O)Nc1cccc(N2CCCC2)c1. The van der Waals surface area contributed by atoms with Crippen molar-refractivity contribution in [2.24, 2.45) is 0 Å². The Morgan fingerprint density at radius 2 is 1.91 bits per heavy atom. The van der Waals surface area contributed by atoms with Crippen LogP contribution in [0.15, 0.2) is 48.5 Å². The minimum Gasteiger partial charge on any atom is -0.371 e. The van der Waals surface area contributed by atoms with Crippen LogP contribution in [0.4, 0.5) is 17.1 Å². The van der Waals surface area contributed by atoms with E-state index in [1.165, 1.54) is 18.9 Å². The Bertz CT molecular complexity index is 1200. The van der Waals surface area contributed by atoms with E-state index in [1.54, 1.807) is 18.2 Å². The maximum absolute atomic E-state index is 13.1. The summed E-state index contributed by atoms with van der Waals surface area (Å²) in [6, 6.07) is 13.2. The Balaban J connectivity index is 1.49. The normalized spacial score (nSPS) is 14.2. The number of amides is 2. The van der Waals surface area contributed by atoms with Crippen LogP contribution in [0.3, 0.4) is 0 Å². The number of unbranched alkanes of at least 4 members (excludes halogenated alkanes) is 1. The molecule has 0 radical (unpaired) electrons. The fraction of sp³-hybridized carbons (Fsp3) is 0.360. The third-order valence-electron chi connectivity index (χ3n) is 6.13. The van der Waals surface area contributed by atoms with E-state index in [0.717, 1.165) is 31.6 Å². The maximum atomic E-state index is 13.1. The molecule has 34 heavy (non-hydrogen) atoms. The Morgan fingerprint density at radius 1 is 1.15 bits per heavy atom. The van der Waals surface area contributed by atoms with Crippen molar-refractivity contribution in [3.05, 3.63) is 64.3 Å². The highest BCUT2D eigenvalue weighted by Gasteiger charge is 2.24. The quantitative estimate of drug-likeness (QED) is 0.316. The van der Waals surface area contributed by atoms with Crippen LogP contribution in [0.5, 0.6) is 0 Å². The number of anilines is 2. The maximum Gasteiger partial charge on any atom is 0.293 e. The molecule has 1 aliphatic heterocycles. The first-order chi connectivity index (χ1) is 16.5. The summed E-state index contributed by atoms with van der Waals surface area (Å²) in [5.74, 6) is -0.768. The van der Waals surface area contributed by atoms with Crippen molar-refractivity contribution >= 4 is 39.8 Å². The lowest BCUT2D eigenvalue weighted by Crippen LogP contribution is -2.44. The predicted molar refractivity (Wildman–Crippen MR) is 132 cm³/mol. The monoisotopic (exact) mass is 463 g/mol. The van der Waals surface area contributed by atoms with E-state index in [-0.39, 0.29) is 22.8 Å². The van der Waals surface area contributed by atoms with E-state index in [0.29, 0.717) is 17.5 Å². The van der Waals surface area contributed by atoms with Gasteiger partial charge in [-0.25, -0.2) is 0 Å². The van der Waals surface area contributed by atoms with Gasteiger partial charge in [-0.05, 0) is 43.5 Å². The fourth-order valence-electron chi connectivity index (χ4n) is 4.31. The number of aromatic nitrogens is 1. The molecule has 178 valence electrons. The molecule has 4 rings (SSSR count). The van der Waals surface area contributed by atoms with E-state index in [9.17, 15) is 19.7 Å². The van der Waals surface area contributed by atoms with Crippen molar-refractivity contribution in [1.29, 1.82) is 0 Å². The van der Waals surface area contributed by atoms with Crippen LogP contribution in [0.25, 0.3) is 10.9 Å². The van der Waals surface area contributed by atoms with Gasteiger partial charge in [-0.15, -0.1) is 0 Å². The molecule has 9 heteroatoms. The van der Waals surface area contributed by atoms with Crippen molar-refractivity contribution in [3.8, 4) is 0 Å². The second-order valence-electron chi connectivity index (χ2n) is 8.58. The lowest BCUT2D eigenvalue weighted by atomic mass is 10.1. The Hall–Kier alpha value is -3.88. The van der Waals surface area contributed by atoms with Crippen LogP contribution in [0, 0.1) is 10.1 Å². The number of rotatable bonds is 9. The molecule has 2 aromatic carbocycles. The number of benzene rings is 2. The number of non-ortho nitro benzene ring substituents is 1. The smallest absolute Gasteiger partial charge is 0.293 e. The van der Waals surface area contributed by atoms with Crippen molar-refractivity contribution in [3.63, 3.8) is 0 Å². The summed E-state index contributed by atoms with van der Waals surface area (Å²) in [6.07, 6.45) is 4.46. The molecule has 2 heterocycles.